The molecule has 1 aromatic heterocycles. The lowest BCUT2D eigenvalue weighted by Gasteiger charge is -2.06. The van der Waals surface area contributed by atoms with E-state index in [0.29, 0.717) is 16.8 Å². The fourth-order valence-corrected chi connectivity index (χ4v) is 3.60. The van der Waals surface area contributed by atoms with E-state index in [4.69, 9.17) is 4.42 Å². The van der Waals surface area contributed by atoms with Crippen LogP contribution in [0.4, 0.5) is 11.4 Å². The Morgan fingerprint density at radius 2 is 1.66 bits per heavy atom. The first-order valence-corrected chi connectivity index (χ1v) is 10.7. The summed E-state index contributed by atoms with van der Waals surface area (Å²) in [6.07, 6.45) is 0. The molecule has 0 aliphatic heterocycles. The van der Waals surface area contributed by atoms with Crippen LogP contribution in [0.2, 0.25) is 0 Å². The summed E-state index contributed by atoms with van der Waals surface area (Å²) in [6.45, 7) is 1.96. The fraction of sp³-hybridized carbons (Fsp3) is 0.0870. The summed E-state index contributed by atoms with van der Waals surface area (Å²) in [5.74, 6) is 0.348. The molecule has 0 aliphatic rings. The van der Waals surface area contributed by atoms with E-state index in [0.717, 1.165) is 22.3 Å². The lowest BCUT2D eigenvalue weighted by Crippen LogP contribution is -2.13. The summed E-state index contributed by atoms with van der Waals surface area (Å²) in [5.41, 5.74) is 4.33. The average Bonchev–Trinajstić information content (AvgIpc) is 3.27. The molecule has 0 bridgehead atoms. The summed E-state index contributed by atoms with van der Waals surface area (Å²) >= 11 is 1.17. The predicted molar refractivity (Wildman–Crippen MR) is 122 cm³/mol. The Labute approximate surface area is 187 Å². The first kappa shape index (κ1) is 21.3. The van der Waals surface area contributed by atoms with E-state index in [9.17, 15) is 14.9 Å². The third-order valence-electron chi connectivity index (χ3n) is 4.69. The molecule has 0 radical (unpaired) electrons. The molecule has 8 nitrogen and oxygen atoms in total. The van der Waals surface area contributed by atoms with Crippen molar-refractivity contribution in [2.75, 3.05) is 11.1 Å². The molecular formula is C23H18N4O4S. The molecule has 160 valence electrons. The largest absolute Gasteiger partial charge is 0.411 e. The van der Waals surface area contributed by atoms with Gasteiger partial charge in [-0.05, 0) is 53.9 Å². The molecule has 0 fully saturated rings. The Balaban J connectivity index is 1.33. The molecule has 0 saturated carbocycles. The van der Waals surface area contributed by atoms with Crippen LogP contribution in [0.15, 0.2) is 82.4 Å². The summed E-state index contributed by atoms with van der Waals surface area (Å²) in [4.78, 5) is 22.6. The quantitative estimate of drug-likeness (QED) is 0.231. The topological polar surface area (TPSA) is 111 Å². The molecule has 1 heterocycles. The molecule has 0 atom stereocenters. The third kappa shape index (κ3) is 5.01. The summed E-state index contributed by atoms with van der Waals surface area (Å²) < 4.78 is 5.66. The first-order valence-electron chi connectivity index (χ1n) is 9.66. The second-order valence-corrected chi connectivity index (χ2v) is 7.83. The fourth-order valence-electron chi connectivity index (χ4n) is 3.04. The van der Waals surface area contributed by atoms with Gasteiger partial charge in [0.25, 0.3) is 10.9 Å². The maximum Gasteiger partial charge on any atom is 0.277 e. The van der Waals surface area contributed by atoms with E-state index >= 15 is 0 Å². The van der Waals surface area contributed by atoms with Gasteiger partial charge in [-0.1, -0.05) is 42.1 Å². The highest BCUT2D eigenvalue weighted by Crippen LogP contribution is 2.26. The number of hydrogen-bond acceptors (Lipinski definition) is 7. The Kier molecular flexibility index (Phi) is 6.27. The number of amides is 1. The zero-order chi connectivity index (χ0) is 22.5. The van der Waals surface area contributed by atoms with Crippen LogP contribution in [0, 0.1) is 17.0 Å². The van der Waals surface area contributed by atoms with Gasteiger partial charge in [0.05, 0.1) is 10.7 Å². The Morgan fingerprint density at radius 1 is 1.00 bits per heavy atom. The number of rotatable bonds is 7. The van der Waals surface area contributed by atoms with E-state index in [-0.39, 0.29) is 17.3 Å². The number of non-ortho nitro benzene ring substituents is 1. The number of nitro groups is 1. The number of carbonyl (C=O) groups is 1. The van der Waals surface area contributed by atoms with Gasteiger partial charge in [0.2, 0.25) is 11.8 Å². The summed E-state index contributed by atoms with van der Waals surface area (Å²) in [6, 6.07) is 21.3. The molecule has 9 heteroatoms. The van der Waals surface area contributed by atoms with Crippen LogP contribution in [0.3, 0.4) is 0 Å². The van der Waals surface area contributed by atoms with Gasteiger partial charge < -0.3 is 9.73 Å². The van der Waals surface area contributed by atoms with Gasteiger partial charge in [-0.3, -0.25) is 14.9 Å². The van der Waals surface area contributed by atoms with Crippen LogP contribution in [-0.2, 0) is 4.79 Å². The molecule has 1 amide bonds. The number of carbonyl (C=O) groups excluding carboxylic acids is 1. The zero-order valence-corrected chi connectivity index (χ0v) is 17.8. The maximum atomic E-state index is 12.3. The van der Waals surface area contributed by atoms with Crippen molar-refractivity contribution in [3.05, 3.63) is 88.5 Å². The maximum absolute atomic E-state index is 12.3. The second kappa shape index (κ2) is 9.44. The number of aryl methyl sites for hydroxylation is 1. The van der Waals surface area contributed by atoms with E-state index in [1.807, 2.05) is 43.3 Å². The first-order chi connectivity index (χ1) is 15.5. The van der Waals surface area contributed by atoms with Crippen molar-refractivity contribution >= 4 is 29.0 Å². The van der Waals surface area contributed by atoms with Gasteiger partial charge in [-0.2, -0.15) is 0 Å². The lowest BCUT2D eigenvalue weighted by molar-refractivity contribution is -0.384. The molecule has 1 N–H and O–H groups in total. The number of nitrogens with one attached hydrogen (secondary N) is 1. The Hall–Kier alpha value is -3.98. The highest BCUT2D eigenvalue weighted by atomic mass is 32.2. The van der Waals surface area contributed by atoms with Crippen molar-refractivity contribution in [3.8, 4) is 22.6 Å². The van der Waals surface area contributed by atoms with Gasteiger partial charge in [0.1, 0.15) is 0 Å². The highest BCUT2D eigenvalue weighted by molar-refractivity contribution is 7.99. The minimum Gasteiger partial charge on any atom is -0.411 e. The van der Waals surface area contributed by atoms with Crippen molar-refractivity contribution in [3.63, 3.8) is 0 Å². The summed E-state index contributed by atoms with van der Waals surface area (Å²) in [7, 11) is 0. The predicted octanol–water partition coefficient (Wildman–Crippen LogP) is 5.35. The molecule has 0 spiro atoms. The van der Waals surface area contributed by atoms with E-state index in [1.54, 1.807) is 24.3 Å². The van der Waals surface area contributed by atoms with Crippen LogP contribution in [0.25, 0.3) is 22.6 Å². The molecule has 4 aromatic rings. The smallest absolute Gasteiger partial charge is 0.277 e. The molecule has 0 aliphatic carbocycles. The number of nitro benzene ring substituents is 1. The van der Waals surface area contributed by atoms with E-state index in [2.05, 4.69) is 15.5 Å². The van der Waals surface area contributed by atoms with Gasteiger partial charge in [-0.15, -0.1) is 10.2 Å². The van der Waals surface area contributed by atoms with Gasteiger partial charge >= 0.3 is 0 Å². The molecule has 3 aromatic carbocycles. The minimum absolute atomic E-state index is 0.0439. The van der Waals surface area contributed by atoms with E-state index in [1.165, 1.54) is 23.9 Å². The molecule has 0 saturated heterocycles. The average molecular weight is 446 g/mol. The highest BCUT2D eigenvalue weighted by Gasteiger charge is 2.13. The van der Waals surface area contributed by atoms with Crippen molar-refractivity contribution in [1.29, 1.82) is 0 Å². The molecule has 0 unspecified atom stereocenters. The number of anilines is 1. The number of nitrogens with zero attached hydrogens (tertiary/aromatic N) is 3. The lowest BCUT2D eigenvalue weighted by atomic mass is 10.1. The number of thioether (sulfide) groups is 1. The van der Waals surface area contributed by atoms with Crippen molar-refractivity contribution in [2.24, 2.45) is 0 Å². The monoisotopic (exact) mass is 446 g/mol. The van der Waals surface area contributed by atoms with Crippen molar-refractivity contribution < 1.29 is 14.1 Å². The summed E-state index contributed by atoms with van der Waals surface area (Å²) in [5, 5.41) is 22.0. The van der Waals surface area contributed by atoms with Crippen molar-refractivity contribution in [2.45, 2.75) is 12.1 Å². The number of aromatic nitrogens is 2. The van der Waals surface area contributed by atoms with Crippen LogP contribution in [0.1, 0.15) is 5.56 Å². The van der Waals surface area contributed by atoms with Gasteiger partial charge in [0, 0.05) is 23.4 Å². The molecule has 32 heavy (non-hydrogen) atoms. The number of hydrogen-bond donors (Lipinski definition) is 1. The van der Waals surface area contributed by atoms with Crippen LogP contribution < -0.4 is 5.32 Å². The zero-order valence-electron chi connectivity index (χ0n) is 17.0. The van der Waals surface area contributed by atoms with Gasteiger partial charge in [-0.25, -0.2) is 0 Å². The normalized spacial score (nSPS) is 10.7. The van der Waals surface area contributed by atoms with E-state index < -0.39 is 4.92 Å². The van der Waals surface area contributed by atoms with Crippen LogP contribution in [-0.4, -0.2) is 26.8 Å². The minimum atomic E-state index is -0.432. The van der Waals surface area contributed by atoms with Crippen molar-refractivity contribution in [1.82, 2.24) is 10.2 Å². The molecular weight excluding hydrogens is 428 g/mol. The van der Waals surface area contributed by atoms with Gasteiger partial charge in [0.15, 0.2) is 0 Å². The molecule has 4 rings (SSSR count). The van der Waals surface area contributed by atoms with Crippen LogP contribution >= 0.6 is 11.8 Å². The second-order valence-electron chi connectivity index (χ2n) is 6.91. The Bertz CT molecular complexity index is 1250. The Morgan fingerprint density at radius 3 is 2.31 bits per heavy atom. The third-order valence-corrected chi connectivity index (χ3v) is 5.51. The SMILES string of the molecule is Cc1ccccc1-c1nnc(SCC(=O)Nc2ccc(-c3ccc([N+](=O)[O-])cc3)cc2)o1. The van der Waals surface area contributed by atoms with Crippen LogP contribution in [0.5, 0.6) is 0 Å². The standard InChI is InChI=1S/C23H18N4O4S/c1-15-4-2-3-5-20(15)22-25-26-23(31-22)32-14-21(28)24-18-10-6-16(7-11-18)17-8-12-19(13-9-17)27(29)30/h2-13H,14H2,1H3,(H,24,28). The number of benzene rings is 3.